The van der Waals surface area contributed by atoms with E-state index in [1.807, 2.05) is 19.1 Å². The molecule has 1 aliphatic heterocycles. The number of ether oxygens (including phenoxy) is 3. The van der Waals surface area contributed by atoms with Gasteiger partial charge in [0.25, 0.3) is 0 Å². The van der Waals surface area contributed by atoms with E-state index in [0.717, 1.165) is 36.9 Å². The van der Waals surface area contributed by atoms with Gasteiger partial charge in [0.05, 0.1) is 20.8 Å². The maximum absolute atomic E-state index is 5.79. The monoisotopic (exact) mass is 437 g/mol. The maximum Gasteiger partial charge on any atom is 0.161 e. The SMILES string of the molecule is CCOc1cc(CN2C[C@@H](N(C)C)[C@H](c3cn(C)c4ccc(OC)cc34)C2)ccc1OC. The lowest BCUT2D eigenvalue weighted by Gasteiger charge is -2.25. The zero-order valence-electron chi connectivity index (χ0n) is 20.1. The number of methoxy groups -OCH3 is 2. The number of benzene rings is 2. The van der Waals surface area contributed by atoms with Crippen LogP contribution in [0.15, 0.2) is 42.6 Å². The van der Waals surface area contributed by atoms with Crippen molar-refractivity contribution in [3.63, 3.8) is 0 Å². The van der Waals surface area contributed by atoms with Gasteiger partial charge in [-0.3, -0.25) is 4.90 Å². The van der Waals surface area contributed by atoms with E-state index in [1.54, 1.807) is 14.2 Å². The van der Waals surface area contributed by atoms with Gasteiger partial charge in [-0.1, -0.05) is 6.07 Å². The zero-order valence-corrected chi connectivity index (χ0v) is 20.1. The first-order valence-electron chi connectivity index (χ1n) is 11.3. The van der Waals surface area contributed by atoms with Gasteiger partial charge in [-0.15, -0.1) is 0 Å². The Balaban J connectivity index is 1.62. The normalized spacial score (nSPS) is 19.1. The molecule has 0 radical (unpaired) electrons. The van der Waals surface area contributed by atoms with Crippen molar-refractivity contribution in [3.8, 4) is 17.2 Å². The van der Waals surface area contributed by atoms with E-state index < -0.39 is 0 Å². The number of aromatic nitrogens is 1. The van der Waals surface area contributed by atoms with Crippen LogP contribution < -0.4 is 14.2 Å². The fourth-order valence-corrected chi connectivity index (χ4v) is 4.99. The Morgan fingerprint density at radius 3 is 2.50 bits per heavy atom. The van der Waals surface area contributed by atoms with Crippen molar-refractivity contribution in [2.75, 3.05) is 48.0 Å². The smallest absolute Gasteiger partial charge is 0.161 e. The summed E-state index contributed by atoms with van der Waals surface area (Å²) in [5.74, 6) is 2.92. The molecular formula is C26H35N3O3. The summed E-state index contributed by atoms with van der Waals surface area (Å²) in [6, 6.07) is 13.1. The van der Waals surface area contributed by atoms with Crippen molar-refractivity contribution in [2.45, 2.75) is 25.4 Å². The van der Waals surface area contributed by atoms with Gasteiger partial charge in [0, 0.05) is 55.7 Å². The van der Waals surface area contributed by atoms with Crippen LogP contribution in [0.5, 0.6) is 17.2 Å². The summed E-state index contributed by atoms with van der Waals surface area (Å²) in [5, 5.41) is 1.29. The third kappa shape index (κ3) is 4.30. The third-order valence-corrected chi connectivity index (χ3v) is 6.59. The summed E-state index contributed by atoms with van der Waals surface area (Å²) in [5.41, 5.74) is 3.88. The number of likely N-dealkylation sites (tertiary alicyclic amines) is 1. The number of rotatable bonds is 8. The van der Waals surface area contributed by atoms with Gasteiger partial charge in [0.15, 0.2) is 11.5 Å². The van der Waals surface area contributed by atoms with Crippen molar-refractivity contribution in [1.29, 1.82) is 0 Å². The molecule has 0 spiro atoms. The van der Waals surface area contributed by atoms with Gasteiger partial charge >= 0.3 is 0 Å². The molecule has 172 valence electrons. The summed E-state index contributed by atoms with van der Waals surface area (Å²) in [6.45, 7) is 5.54. The minimum atomic E-state index is 0.422. The highest BCUT2D eigenvalue weighted by Gasteiger charge is 2.36. The first kappa shape index (κ1) is 22.5. The molecule has 0 N–H and O–H groups in total. The average molecular weight is 438 g/mol. The molecule has 2 heterocycles. The van der Waals surface area contributed by atoms with E-state index in [9.17, 15) is 0 Å². The van der Waals surface area contributed by atoms with Gasteiger partial charge in [-0.2, -0.15) is 0 Å². The van der Waals surface area contributed by atoms with Crippen molar-refractivity contribution in [1.82, 2.24) is 14.4 Å². The van der Waals surface area contributed by atoms with E-state index in [1.165, 1.54) is 22.0 Å². The van der Waals surface area contributed by atoms with Gasteiger partial charge in [0.1, 0.15) is 5.75 Å². The second-order valence-corrected chi connectivity index (χ2v) is 8.83. The van der Waals surface area contributed by atoms with Crippen LogP contribution in [0.3, 0.4) is 0 Å². The van der Waals surface area contributed by atoms with Gasteiger partial charge in [-0.25, -0.2) is 0 Å². The molecule has 0 bridgehead atoms. The molecule has 6 heteroatoms. The first-order valence-corrected chi connectivity index (χ1v) is 11.3. The topological polar surface area (TPSA) is 39.1 Å². The van der Waals surface area contributed by atoms with Gasteiger partial charge < -0.3 is 23.7 Å². The van der Waals surface area contributed by atoms with Crippen LogP contribution in [-0.4, -0.2) is 68.4 Å². The molecule has 1 aromatic heterocycles. The van der Waals surface area contributed by atoms with Crippen LogP contribution in [0.4, 0.5) is 0 Å². The van der Waals surface area contributed by atoms with Crippen molar-refractivity contribution in [2.24, 2.45) is 7.05 Å². The van der Waals surface area contributed by atoms with Crippen molar-refractivity contribution < 1.29 is 14.2 Å². The van der Waals surface area contributed by atoms with E-state index >= 15 is 0 Å². The molecule has 32 heavy (non-hydrogen) atoms. The molecule has 2 atom stereocenters. The lowest BCUT2D eigenvalue weighted by atomic mass is 9.93. The highest BCUT2D eigenvalue weighted by Crippen LogP contribution is 2.38. The van der Waals surface area contributed by atoms with Crippen LogP contribution in [-0.2, 0) is 13.6 Å². The summed E-state index contributed by atoms with van der Waals surface area (Å²) in [4.78, 5) is 4.91. The molecule has 1 aliphatic rings. The summed E-state index contributed by atoms with van der Waals surface area (Å²) in [6.07, 6.45) is 2.30. The highest BCUT2D eigenvalue weighted by molar-refractivity contribution is 5.86. The number of hydrogen-bond donors (Lipinski definition) is 0. The Kier molecular flexibility index (Phi) is 6.63. The Morgan fingerprint density at radius 1 is 1.00 bits per heavy atom. The Hall–Kier alpha value is -2.70. The number of aryl methyl sites for hydroxylation is 1. The van der Waals surface area contributed by atoms with Crippen LogP contribution in [0.2, 0.25) is 0 Å². The van der Waals surface area contributed by atoms with Crippen molar-refractivity contribution >= 4 is 10.9 Å². The average Bonchev–Trinajstić information content (AvgIpc) is 3.35. The van der Waals surface area contributed by atoms with Crippen LogP contribution in [0.25, 0.3) is 10.9 Å². The number of fused-ring (bicyclic) bond motifs is 1. The van der Waals surface area contributed by atoms with E-state index in [2.05, 4.69) is 66.0 Å². The van der Waals surface area contributed by atoms with Gasteiger partial charge in [0.2, 0.25) is 0 Å². The highest BCUT2D eigenvalue weighted by atomic mass is 16.5. The van der Waals surface area contributed by atoms with Gasteiger partial charge in [-0.05, 0) is 62.5 Å². The number of likely N-dealkylation sites (N-methyl/N-ethyl adjacent to an activating group) is 1. The maximum atomic E-state index is 5.79. The Bertz CT molecular complexity index is 1080. The molecule has 0 unspecified atom stereocenters. The molecule has 4 rings (SSSR count). The molecule has 0 amide bonds. The summed E-state index contributed by atoms with van der Waals surface area (Å²) >= 11 is 0. The molecule has 3 aromatic rings. The van der Waals surface area contributed by atoms with Crippen LogP contribution in [0.1, 0.15) is 24.0 Å². The fraction of sp³-hybridized carbons (Fsp3) is 0.462. The first-order chi connectivity index (χ1) is 15.4. The predicted molar refractivity (Wildman–Crippen MR) is 129 cm³/mol. The minimum Gasteiger partial charge on any atom is -0.497 e. The van der Waals surface area contributed by atoms with E-state index in [0.29, 0.717) is 18.6 Å². The summed E-state index contributed by atoms with van der Waals surface area (Å²) in [7, 11) is 9.92. The minimum absolute atomic E-state index is 0.422. The largest absolute Gasteiger partial charge is 0.497 e. The second kappa shape index (κ2) is 9.43. The molecular weight excluding hydrogens is 402 g/mol. The zero-order chi connectivity index (χ0) is 22.8. The Morgan fingerprint density at radius 2 is 1.81 bits per heavy atom. The standard InChI is InChI=1S/C26H35N3O3/c1-7-32-26-12-18(8-11-25(26)31-6)14-29-16-22(24(17-29)27(2)3)21-15-28(4)23-10-9-19(30-5)13-20(21)23/h8-13,15,22,24H,7,14,16-17H2,1-6H3/t22-,24+/m0/s1. The van der Waals surface area contributed by atoms with E-state index in [4.69, 9.17) is 14.2 Å². The number of hydrogen-bond acceptors (Lipinski definition) is 5. The Labute approximate surface area is 191 Å². The second-order valence-electron chi connectivity index (χ2n) is 8.83. The molecule has 1 fully saturated rings. The molecule has 2 aromatic carbocycles. The van der Waals surface area contributed by atoms with Crippen molar-refractivity contribution in [3.05, 3.63) is 53.7 Å². The lowest BCUT2D eigenvalue weighted by Crippen LogP contribution is -2.34. The predicted octanol–water partition coefficient (Wildman–Crippen LogP) is 4.12. The molecule has 1 saturated heterocycles. The summed E-state index contributed by atoms with van der Waals surface area (Å²) < 4.78 is 19.0. The fourth-order valence-electron chi connectivity index (χ4n) is 4.99. The molecule has 6 nitrogen and oxygen atoms in total. The quantitative estimate of drug-likeness (QED) is 0.530. The lowest BCUT2D eigenvalue weighted by molar-refractivity contribution is 0.259. The van der Waals surface area contributed by atoms with Crippen LogP contribution >= 0.6 is 0 Å². The molecule has 0 saturated carbocycles. The number of nitrogens with zero attached hydrogens (tertiary/aromatic N) is 3. The van der Waals surface area contributed by atoms with Crippen LogP contribution in [0, 0.1) is 0 Å². The van der Waals surface area contributed by atoms with E-state index in [-0.39, 0.29) is 0 Å². The molecule has 0 aliphatic carbocycles. The third-order valence-electron chi connectivity index (χ3n) is 6.59.